The van der Waals surface area contributed by atoms with E-state index in [9.17, 15) is 13.2 Å². The van der Waals surface area contributed by atoms with E-state index in [2.05, 4.69) is 5.10 Å². The molecule has 2 nitrogen and oxygen atoms in total. The second-order valence-electron chi connectivity index (χ2n) is 5.37. The molecule has 1 fully saturated rings. The first kappa shape index (κ1) is 11.1. The maximum atomic E-state index is 14.1. The second-order valence-corrected chi connectivity index (χ2v) is 5.37. The first-order valence-corrected chi connectivity index (χ1v) is 6.00. The highest BCUT2D eigenvalue weighted by atomic mass is 19.3. The molecule has 1 heterocycles. The first-order chi connectivity index (χ1) is 7.85. The van der Waals surface area contributed by atoms with Gasteiger partial charge < -0.3 is 0 Å². The number of alkyl halides is 3. The van der Waals surface area contributed by atoms with Crippen molar-refractivity contribution in [3.63, 3.8) is 0 Å². The average Bonchev–Trinajstić information content (AvgIpc) is 2.83. The molecular formula is C12H15F3N2. The minimum Gasteiger partial charge on any atom is -0.260 e. The van der Waals surface area contributed by atoms with Crippen molar-refractivity contribution >= 4 is 0 Å². The van der Waals surface area contributed by atoms with Gasteiger partial charge >= 0.3 is 0 Å². The molecular weight excluding hydrogens is 229 g/mol. The lowest BCUT2D eigenvalue weighted by molar-refractivity contribution is -0.0318. The number of aromatic nitrogens is 2. The van der Waals surface area contributed by atoms with Gasteiger partial charge in [-0.25, -0.2) is 4.39 Å². The maximum absolute atomic E-state index is 14.1. The highest BCUT2D eigenvalue weighted by molar-refractivity contribution is 5.46. The van der Waals surface area contributed by atoms with Crippen molar-refractivity contribution in [3.8, 4) is 0 Å². The van der Waals surface area contributed by atoms with Crippen LogP contribution in [-0.4, -0.2) is 9.78 Å². The van der Waals surface area contributed by atoms with Crippen molar-refractivity contribution in [2.45, 2.75) is 51.2 Å². The molecule has 17 heavy (non-hydrogen) atoms. The molecule has 0 amide bonds. The van der Waals surface area contributed by atoms with Gasteiger partial charge in [-0.05, 0) is 33.1 Å². The van der Waals surface area contributed by atoms with E-state index in [-0.39, 0.29) is 23.3 Å². The summed E-state index contributed by atoms with van der Waals surface area (Å²) < 4.78 is 43.0. The van der Waals surface area contributed by atoms with Crippen molar-refractivity contribution in [2.75, 3.05) is 0 Å². The van der Waals surface area contributed by atoms with Crippen LogP contribution in [0.2, 0.25) is 0 Å². The number of halogens is 3. The predicted molar refractivity (Wildman–Crippen MR) is 56.9 cm³/mol. The van der Waals surface area contributed by atoms with Crippen molar-refractivity contribution < 1.29 is 13.2 Å². The molecule has 1 aromatic heterocycles. The van der Waals surface area contributed by atoms with Gasteiger partial charge in [-0.1, -0.05) is 0 Å². The fourth-order valence-corrected chi connectivity index (χ4v) is 2.92. The Morgan fingerprint density at radius 1 is 1.35 bits per heavy atom. The molecule has 94 valence electrons. The van der Waals surface area contributed by atoms with Crippen LogP contribution in [-0.2, 0) is 5.92 Å². The van der Waals surface area contributed by atoms with Crippen molar-refractivity contribution in [2.24, 2.45) is 5.92 Å². The first-order valence-electron chi connectivity index (χ1n) is 6.00. The molecule has 1 aromatic rings. The van der Waals surface area contributed by atoms with Crippen molar-refractivity contribution in [3.05, 3.63) is 17.0 Å². The molecule has 0 saturated heterocycles. The Morgan fingerprint density at radius 3 is 2.53 bits per heavy atom. The molecule has 1 unspecified atom stereocenters. The Morgan fingerprint density at radius 2 is 2.00 bits per heavy atom. The fourth-order valence-electron chi connectivity index (χ4n) is 2.92. The van der Waals surface area contributed by atoms with E-state index in [0.717, 1.165) is 0 Å². The molecule has 0 spiro atoms. The van der Waals surface area contributed by atoms with E-state index < -0.39 is 18.0 Å². The number of nitrogens with zero attached hydrogens (tertiary/aromatic N) is 2. The van der Waals surface area contributed by atoms with Crippen LogP contribution in [0.5, 0.6) is 0 Å². The Labute approximate surface area is 97.8 Å². The lowest BCUT2D eigenvalue weighted by atomic mass is 10.1. The highest BCUT2D eigenvalue weighted by Crippen LogP contribution is 2.68. The fraction of sp³-hybridized carbons (Fsp3) is 0.750. The van der Waals surface area contributed by atoms with Gasteiger partial charge in [-0.15, -0.1) is 0 Å². The van der Waals surface area contributed by atoms with Crippen molar-refractivity contribution in [1.29, 1.82) is 0 Å². The molecule has 0 aromatic carbocycles. The molecule has 0 radical (unpaired) electrons. The van der Waals surface area contributed by atoms with Crippen LogP contribution in [0.1, 0.15) is 62.3 Å². The summed E-state index contributed by atoms with van der Waals surface area (Å²) in [5, 5.41) is 4.07. The smallest absolute Gasteiger partial charge is 0.260 e. The number of hydrogen-bond donors (Lipinski definition) is 0. The molecule has 0 N–H and O–H groups in total. The third-order valence-corrected chi connectivity index (χ3v) is 3.78. The predicted octanol–water partition coefficient (Wildman–Crippen LogP) is 3.70. The van der Waals surface area contributed by atoms with Gasteiger partial charge in [0.25, 0.3) is 5.92 Å². The van der Waals surface area contributed by atoms with E-state index in [0.29, 0.717) is 12.0 Å². The molecule has 2 aliphatic carbocycles. The third-order valence-electron chi connectivity index (χ3n) is 3.78. The standard InChI is InChI=1S/C12H15F3N2/c1-5(2)17-11-9(10(16-17)6(3)13)7-4-8(7)12(11,14)15/h5-8H,4H2,1-3H3/t6?,7-,8+/m0/s1. The third kappa shape index (κ3) is 1.25. The summed E-state index contributed by atoms with van der Waals surface area (Å²) in [5.74, 6) is -3.61. The lowest BCUT2D eigenvalue weighted by Gasteiger charge is -2.17. The SMILES string of the molecule is CC(F)c1nn(C(C)C)c2c1[C@H]1C[C@H]1C2(F)F. The van der Waals surface area contributed by atoms with Gasteiger partial charge in [0.15, 0.2) is 0 Å². The van der Waals surface area contributed by atoms with Crippen LogP contribution < -0.4 is 0 Å². The zero-order valence-corrected chi connectivity index (χ0v) is 10.0. The van der Waals surface area contributed by atoms with E-state index in [1.165, 1.54) is 11.6 Å². The zero-order chi connectivity index (χ0) is 12.5. The number of fused-ring (bicyclic) bond motifs is 3. The number of rotatable bonds is 2. The van der Waals surface area contributed by atoms with E-state index in [1.807, 2.05) is 0 Å². The van der Waals surface area contributed by atoms with Crippen LogP contribution in [0.25, 0.3) is 0 Å². The maximum Gasteiger partial charge on any atom is 0.293 e. The second kappa shape index (κ2) is 3.06. The summed E-state index contributed by atoms with van der Waals surface area (Å²) in [6.45, 7) is 4.95. The van der Waals surface area contributed by atoms with Gasteiger partial charge in [0, 0.05) is 17.5 Å². The van der Waals surface area contributed by atoms with Crippen LogP contribution in [0, 0.1) is 5.92 Å². The van der Waals surface area contributed by atoms with Crippen LogP contribution >= 0.6 is 0 Å². The Bertz CT molecular complexity index is 476. The Hall–Kier alpha value is -1.00. The van der Waals surface area contributed by atoms with Crippen LogP contribution in [0.15, 0.2) is 0 Å². The lowest BCUT2D eigenvalue weighted by Crippen LogP contribution is -2.21. The summed E-state index contributed by atoms with van der Waals surface area (Å²) >= 11 is 0. The van der Waals surface area contributed by atoms with Crippen LogP contribution in [0.4, 0.5) is 13.2 Å². The molecule has 2 aliphatic rings. The monoisotopic (exact) mass is 244 g/mol. The summed E-state index contributed by atoms with van der Waals surface area (Å²) in [6.07, 6.45) is -0.803. The van der Waals surface area contributed by atoms with Gasteiger partial charge in [0.2, 0.25) is 0 Å². The van der Waals surface area contributed by atoms with E-state index in [1.54, 1.807) is 13.8 Å². The molecule has 5 heteroatoms. The molecule has 0 aliphatic heterocycles. The van der Waals surface area contributed by atoms with Crippen LogP contribution in [0.3, 0.4) is 0 Å². The molecule has 3 rings (SSSR count). The summed E-state index contributed by atoms with van der Waals surface area (Å²) in [5.41, 5.74) is 0.676. The van der Waals surface area contributed by atoms with Gasteiger partial charge in [0.1, 0.15) is 17.6 Å². The molecule has 1 saturated carbocycles. The summed E-state index contributed by atoms with van der Waals surface area (Å²) in [7, 11) is 0. The normalized spacial score (nSPS) is 30.3. The quantitative estimate of drug-likeness (QED) is 0.775. The Balaban J connectivity index is 2.23. The van der Waals surface area contributed by atoms with Gasteiger partial charge in [0.05, 0.1) is 0 Å². The number of hydrogen-bond acceptors (Lipinski definition) is 1. The average molecular weight is 244 g/mol. The summed E-state index contributed by atoms with van der Waals surface area (Å²) in [6, 6.07) is -0.167. The zero-order valence-electron chi connectivity index (χ0n) is 10.0. The topological polar surface area (TPSA) is 17.8 Å². The van der Waals surface area contributed by atoms with E-state index in [4.69, 9.17) is 0 Å². The Kier molecular flexibility index (Phi) is 2.00. The van der Waals surface area contributed by atoms with Crippen molar-refractivity contribution in [1.82, 2.24) is 9.78 Å². The highest BCUT2D eigenvalue weighted by Gasteiger charge is 2.67. The molecule has 0 bridgehead atoms. The summed E-state index contributed by atoms with van der Waals surface area (Å²) in [4.78, 5) is 0. The molecule has 3 atom stereocenters. The largest absolute Gasteiger partial charge is 0.293 e. The minimum atomic E-state index is -2.83. The van der Waals surface area contributed by atoms with Gasteiger partial charge in [-0.3, -0.25) is 4.68 Å². The van der Waals surface area contributed by atoms with Gasteiger partial charge in [-0.2, -0.15) is 13.9 Å². The van der Waals surface area contributed by atoms with E-state index >= 15 is 0 Å². The minimum absolute atomic E-state index is 0.0340.